The highest BCUT2D eigenvalue weighted by molar-refractivity contribution is 9.10. The molecule has 0 spiro atoms. The fourth-order valence-corrected chi connectivity index (χ4v) is 2.44. The minimum Gasteiger partial charge on any atom is -0.398 e. The maximum Gasteiger partial charge on any atom is 0.125 e. The largest absolute Gasteiger partial charge is 0.398 e. The number of anilines is 3. The molecule has 0 bridgehead atoms. The van der Waals surface area contributed by atoms with Gasteiger partial charge in [0.05, 0.1) is 16.3 Å². The second-order valence-electron chi connectivity index (χ2n) is 3.78. The van der Waals surface area contributed by atoms with Crippen LogP contribution in [0, 0.1) is 17.1 Å². The van der Waals surface area contributed by atoms with Crippen LogP contribution in [-0.2, 0) is 0 Å². The maximum atomic E-state index is 13.1. The standard InChI is InChI=1S/C13H8BrClFN3/c14-10-4-8(16)5-11(15)13(10)19-9-1-2-12(18)7(3-9)6-17/h1-5,19H,18H2. The molecule has 6 heteroatoms. The fourth-order valence-electron chi connectivity index (χ4n) is 1.54. The van der Waals surface area contributed by atoms with Crippen LogP contribution >= 0.6 is 27.5 Å². The summed E-state index contributed by atoms with van der Waals surface area (Å²) >= 11 is 9.20. The van der Waals surface area contributed by atoms with Gasteiger partial charge in [-0.3, -0.25) is 0 Å². The van der Waals surface area contributed by atoms with Crippen LogP contribution in [0.5, 0.6) is 0 Å². The number of benzene rings is 2. The van der Waals surface area contributed by atoms with Gasteiger partial charge in [0.15, 0.2) is 0 Å². The number of nitrogens with two attached hydrogens (primary N) is 1. The molecule has 2 aromatic carbocycles. The summed E-state index contributed by atoms with van der Waals surface area (Å²) in [6.07, 6.45) is 0. The van der Waals surface area contributed by atoms with Crippen molar-refractivity contribution in [3.05, 3.63) is 51.2 Å². The Balaban J connectivity index is 2.40. The Hall–Kier alpha value is -1.77. The molecule has 2 aromatic rings. The average molecular weight is 341 g/mol. The highest BCUT2D eigenvalue weighted by Crippen LogP contribution is 2.34. The third-order valence-corrected chi connectivity index (χ3v) is 3.37. The Morgan fingerprint density at radius 1 is 1.32 bits per heavy atom. The van der Waals surface area contributed by atoms with Gasteiger partial charge in [0.25, 0.3) is 0 Å². The van der Waals surface area contributed by atoms with Crippen molar-refractivity contribution in [1.82, 2.24) is 0 Å². The Bertz CT molecular complexity index is 659. The van der Waals surface area contributed by atoms with Gasteiger partial charge in [-0.2, -0.15) is 5.26 Å². The molecule has 0 amide bonds. The molecule has 0 aliphatic rings. The molecule has 3 N–H and O–H groups in total. The topological polar surface area (TPSA) is 61.8 Å². The first-order valence-electron chi connectivity index (χ1n) is 5.22. The average Bonchev–Trinajstić information content (AvgIpc) is 2.35. The third kappa shape index (κ3) is 2.98. The van der Waals surface area contributed by atoms with E-state index in [2.05, 4.69) is 21.2 Å². The first-order valence-corrected chi connectivity index (χ1v) is 6.39. The summed E-state index contributed by atoms with van der Waals surface area (Å²) in [5.41, 5.74) is 7.56. The third-order valence-electron chi connectivity index (χ3n) is 2.45. The Kier molecular flexibility index (Phi) is 3.93. The molecule has 2 rings (SSSR count). The number of halogens is 3. The van der Waals surface area contributed by atoms with Gasteiger partial charge in [-0.1, -0.05) is 11.6 Å². The molecular weight excluding hydrogens is 333 g/mol. The number of hydrogen-bond donors (Lipinski definition) is 2. The van der Waals surface area contributed by atoms with E-state index in [0.29, 0.717) is 27.1 Å². The van der Waals surface area contributed by atoms with Gasteiger partial charge in [0, 0.05) is 15.8 Å². The van der Waals surface area contributed by atoms with E-state index in [0.717, 1.165) is 0 Å². The van der Waals surface area contributed by atoms with Crippen LogP contribution < -0.4 is 11.1 Å². The molecule has 0 saturated carbocycles. The van der Waals surface area contributed by atoms with Gasteiger partial charge in [-0.25, -0.2) is 4.39 Å². The zero-order valence-corrected chi connectivity index (χ0v) is 11.9. The number of nitrogen functional groups attached to an aromatic ring is 1. The highest BCUT2D eigenvalue weighted by Gasteiger charge is 2.09. The van der Waals surface area contributed by atoms with Crippen LogP contribution in [0.4, 0.5) is 21.5 Å². The van der Waals surface area contributed by atoms with Crippen LogP contribution in [0.1, 0.15) is 5.56 Å². The number of nitriles is 1. The fraction of sp³-hybridized carbons (Fsp3) is 0. The maximum absolute atomic E-state index is 13.1. The van der Waals surface area contributed by atoms with Gasteiger partial charge >= 0.3 is 0 Å². The first-order chi connectivity index (χ1) is 9.01. The Morgan fingerprint density at radius 3 is 2.68 bits per heavy atom. The SMILES string of the molecule is N#Cc1cc(Nc2c(Cl)cc(F)cc2Br)ccc1N. The number of rotatable bonds is 2. The molecule has 0 aliphatic carbocycles. The van der Waals surface area contributed by atoms with Crippen molar-refractivity contribution < 1.29 is 4.39 Å². The number of nitrogens with zero attached hydrogens (tertiary/aromatic N) is 1. The van der Waals surface area contributed by atoms with Crippen LogP contribution in [0.3, 0.4) is 0 Å². The van der Waals surface area contributed by atoms with Gasteiger partial charge < -0.3 is 11.1 Å². The molecule has 0 fully saturated rings. The van der Waals surface area contributed by atoms with Crippen molar-refractivity contribution in [3.63, 3.8) is 0 Å². The zero-order chi connectivity index (χ0) is 14.0. The van der Waals surface area contributed by atoms with Crippen molar-refractivity contribution in [1.29, 1.82) is 5.26 Å². The van der Waals surface area contributed by atoms with E-state index in [9.17, 15) is 4.39 Å². The van der Waals surface area contributed by atoms with Crippen molar-refractivity contribution in [2.75, 3.05) is 11.1 Å². The first kappa shape index (κ1) is 13.7. The van der Waals surface area contributed by atoms with E-state index in [-0.39, 0.29) is 5.02 Å². The summed E-state index contributed by atoms with van der Waals surface area (Å²) < 4.78 is 13.6. The van der Waals surface area contributed by atoms with E-state index >= 15 is 0 Å². The predicted octanol–water partition coefficient (Wildman–Crippen LogP) is 4.44. The van der Waals surface area contributed by atoms with E-state index < -0.39 is 5.82 Å². The lowest BCUT2D eigenvalue weighted by atomic mass is 10.1. The smallest absolute Gasteiger partial charge is 0.125 e. The van der Waals surface area contributed by atoms with Crippen molar-refractivity contribution in [3.8, 4) is 6.07 Å². The van der Waals surface area contributed by atoms with Gasteiger partial charge in [0.2, 0.25) is 0 Å². The normalized spacial score (nSPS) is 10.0. The van der Waals surface area contributed by atoms with Crippen molar-refractivity contribution in [2.45, 2.75) is 0 Å². The minimum absolute atomic E-state index is 0.238. The Labute approximate surface area is 122 Å². The van der Waals surface area contributed by atoms with E-state index in [1.54, 1.807) is 18.2 Å². The lowest BCUT2D eigenvalue weighted by Crippen LogP contribution is -1.96. The van der Waals surface area contributed by atoms with E-state index in [1.165, 1.54) is 12.1 Å². The minimum atomic E-state index is -0.433. The van der Waals surface area contributed by atoms with Crippen LogP contribution in [-0.4, -0.2) is 0 Å². The molecule has 0 aliphatic heterocycles. The van der Waals surface area contributed by atoms with Gasteiger partial charge in [0.1, 0.15) is 11.9 Å². The summed E-state index contributed by atoms with van der Waals surface area (Å²) in [4.78, 5) is 0. The second-order valence-corrected chi connectivity index (χ2v) is 5.04. The molecular formula is C13H8BrClFN3. The summed E-state index contributed by atoms with van der Waals surface area (Å²) in [7, 11) is 0. The number of nitrogens with one attached hydrogen (secondary N) is 1. The molecule has 0 radical (unpaired) electrons. The summed E-state index contributed by atoms with van der Waals surface area (Å²) in [6, 6.07) is 9.42. The molecule has 0 heterocycles. The monoisotopic (exact) mass is 339 g/mol. The summed E-state index contributed by atoms with van der Waals surface area (Å²) in [6.45, 7) is 0. The van der Waals surface area contributed by atoms with Gasteiger partial charge in [-0.05, 0) is 46.3 Å². The van der Waals surface area contributed by atoms with E-state index in [4.69, 9.17) is 22.6 Å². The molecule has 0 aromatic heterocycles. The molecule has 0 atom stereocenters. The summed E-state index contributed by atoms with van der Waals surface area (Å²) in [5, 5.41) is 12.2. The van der Waals surface area contributed by atoms with Crippen LogP contribution in [0.25, 0.3) is 0 Å². The van der Waals surface area contributed by atoms with Crippen LogP contribution in [0.15, 0.2) is 34.8 Å². The molecule has 96 valence electrons. The number of hydrogen-bond acceptors (Lipinski definition) is 3. The van der Waals surface area contributed by atoms with E-state index in [1.807, 2.05) is 6.07 Å². The van der Waals surface area contributed by atoms with Gasteiger partial charge in [-0.15, -0.1) is 0 Å². The molecule has 0 saturated heterocycles. The molecule has 3 nitrogen and oxygen atoms in total. The lowest BCUT2D eigenvalue weighted by Gasteiger charge is -2.11. The molecule has 19 heavy (non-hydrogen) atoms. The van der Waals surface area contributed by atoms with Crippen molar-refractivity contribution in [2.24, 2.45) is 0 Å². The zero-order valence-electron chi connectivity index (χ0n) is 9.55. The second kappa shape index (κ2) is 5.47. The highest BCUT2D eigenvalue weighted by atomic mass is 79.9. The molecule has 0 unspecified atom stereocenters. The predicted molar refractivity (Wildman–Crippen MR) is 78.0 cm³/mol. The van der Waals surface area contributed by atoms with Crippen molar-refractivity contribution >= 4 is 44.6 Å². The summed E-state index contributed by atoms with van der Waals surface area (Å²) in [5.74, 6) is -0.433. The lowest BCUT2D eigenvalue weighted by molar-refractivity contribution is 0.627. The Morgan fingerprint density at radius 2 is 2.05 bits per heavy atom. The van der Waals surface area contributed by atoms with Crippen LogP contribution in [0.2, 0.25) is 5.02 Å². The quantitative estimate of drug-likeness (QED) is 0.795.